The topological polar surface area (TPSA) is 40.6 Å². The lowest BCUT2D eigenvalue weighted by atomic mass is 9.90. The number of rotatable bonds is 2. The van der Waals surface area contributed by atoms with Crippen molar-refractivity contribution in [2.45, 2.75) is 26.2 Å². The zero-order valence-corrected chi connectivity index (χ0v) is 16.5. The number of hydrogen-bond donors (Lipinski definition) is 0. The van der Waals surface area contributed by atoms with Crippen molar-refractivity contribution in [2.24, 2.45) is 5.92 Å². The van der Waals surface area contributed by atoms with Crippen molar-refractivity contribution in [3.05, 3.63) is 56.8 Å². The molecule has 28 heavy (non-hydrogen) atoms. The molecule has 1 unspecified atom stereocenters. The summed E-state index contributed by atoms with van der Waals surface area (Å²) in [6.07, 6.45) is 3.26. The van der Waals surface area contributed by atoms with E-state index in [0.717, 1.165) is 29.9 Å². The number of halogens is 2. The first-order valence-corrected chi connectivity index (χ1v) is 10.4. The summed E-state index contributed by atoms with van der Waals surface area (Å²) in [7, 11) is 0. The van der Waals surface area contributed by atoms with Gasteiger partial charge >= 0.3 is 0 Å². The third-order valence-electron chi connectivity index (χ3n) is 5.56. The molecule has 0 N–H and O–H groups in total. The number of carbonyl (C=O) groups excluding carboxylic acids is 2. The van der Waals surface area contributed by atoms with Crippen LogP contribution in [0.4, 0.5) is 8.78 Å². The van der Waals surface area contributed by atoms with Crippen molar-refractivity contribution < 1.29 is 18.4 Å². The Kier molecular flexibility index (Phi) is 5.19. The van der Waals surface area contributed by atoms with Gasteiger partial charge in [0.2, 0.25) is 0 Å². The number of benzene rings is 1. The highest BCUT2D eigenvalue weighted by Gasteiger charge is 2.28. The van der Waals surface area contributed by atoms with Crippen LogP contribution in [0.15, 0.2) is 24.3 Å². The molecule has 1 saturated heterocycles. The van der Waals surface area contributed by atoms with Crippen LogP contribution in [0.1, 0.15) is 43.8 Å². The fraction of sp³-hybridized carbons (Fsp3) is 0.429. The SMILES string of the molecule is CC1CCc2sc(C(=O)N3CCN(C(=O)c4ccc(F)c(F)c4)CC3)cc2C1. The molecular formula is C21H22F2N2O2S. The van der Waals surface area contributed by atoms with E-state index in [-0.39, 0.29) is 17.4 Å². The highest BCUT2D eigenvalue weighted by atomic mass is 32.1. The Hall–Kier alpha value is -2.28. The van der Waals surface area contributed by atoms with Gasteiger partial charge in [-0.05, 0) is 55.0 Å². The highest BCUT2D eigenvalue weighted by molar-refractivity contribution is 7.14. The van der Waals surface area contributed by atoms with E-state index < -0.39 is 11.6 Å². The maximum absolute atomic E-state index is 13.4. The lowest BCUT2D eigenvalue weighted by Crippen LogP contribution is -2.50. The summed E-state index contributed by atoms with van der Waals surface area (Å²) in [6, 6.07) is 5.21. The van der Waals surface area contributed by atoms with Gasteiger partial charge in [0.15, 0.2) is 11.6 Å². The molecule has 0 saturated carbocycles. The molecule has 1 aromatic heterocycles. The predicted octanol–water partition coefficient (Wildman–Crippen LogP) is 3.75. The molecule has 0 spiro atoms. The maximum Gasteiger partial charge on any atom is 0.264 e. The highest BCUT2D eigenvalue weighted by Crippen LogP contribution is 2.32. The number of amides is 2. The average Bonchev–Trinajstić information content (AvgIpc) is 3.12. The second kappa shape index (κ2) is 7.62. The van der Waals surface area contributed by atoms with E-state index >= 15 is 0 Å². The number of nitrogens with zero attached hydrogens (tertiary/aromatic N) is 2. The summed E-state index contributed by atoms with van der Waals surface area (Å²) >= 11 is 1.60. The monoisotopic (exact) mass is 404 g/mol. The van der Waals surface area contributed by atoms with Gasteiger partial charge < -0.3 is 9.80 Å². The molecule has 0 radical (unpaired) electrons. The summed E-state index contributed by atoms with van der Waals surface area (Å²) < 4.78 is 26.5. The van der Waals surface area contributed by atoms with Crippen molar-refractivity contribution in [1.29, 1.82) is 0 Å². The van der Waals surface area contributed by atoms with Crippen LogP contribution in [0.2, 0.25) is 0 Å². The van der Waals surface area contributed by atoms with Gasteiger partial charge in [-0.3, -0.25) is 9.59 Å². The lowest BCUT2D eigenvalue weighted by Gasteiger charge is -2.34. The van der Waals surface area contributed by atoms with Crippen molar-refractivity contribution in [3.63, 3.8) is 0 Å². The van der Waals surface area contributed by atoms with Gasteiger partial charge in [-0.1, -0.05) is 6.92 Å². The van der Waals surface area contributed by atoms with Crippen molar-refractivity contribution in [1.82, 2.24) is 9.80 Å². The summed E-state index contributed by atoms with van der Waals surface area (Å²) in [6.45, 7) is 3.88. The molecule has 1 aliphatic heterocycles. The van der Waals surface area contributed by atoms with Gasteiger partial charge in [0.25, 0.3) is 11.8 Å². The minimum absolute atomic E-state index is 0.0204. The van der Waals surface area contributed by atoms with Gasteiger partial charge in [-0.15, -0.1) is 11.3 Å². The Morgan fingerprint density at radius 2 is 1.68 bits per heavy atom. The zero-order chi connectivity index (χ0) is 19.8. The van der Waals surface area contributed by atoms with Crippen LogP contribution in [-0.2, 0) is 12.8 Å². The van der Waals surface area contributed by atoms with E-state index in [2.05, 4.69) is 6.92 Å². The number of aryl methyl sites for hydroxylation is 1. The maximum atomic E-state index is 13.4. The molecule has 148 valence electrons. The first-order valence-electron chi connectivity index (χ1n) is 9.57. The second-order valence-corrected chi connectivity index (χ2v) is 8.76. The minimum Gasteiger partial charge on any atom is -0.335 e. The number of thiophene rings is 1. The van der Waals surface area contributed by atoms with Crippen LogP contribution in [0.5, 0.6) is 0 Å². The minimum atomic E-state index is -1.03. The third kappa shape index (κ3) is 3.68. The first-order chi connectivity index (χ1) is 13.4. The van der Waals surface area contributed by atoms with Gasteiger partial charge in [0.05, 0.1) is 4.88 Å². The molecule has 1 aromatic carbocycles. The van der Waals surface area contributed by atoms with Crippen LogP contribution in [0.25, 0.3) is 0 Å². The van der Waals surface area contributed by atoms with E-state index in [9.17, 15) is 18.4 Å². The van der Waals surface area contributed by atoms with Gasteiger partial charge in [0.1, 0.15) is 0 Å². The van der Waals surface area contributed by atoms with Crippen LogP contribution >= 0.6 is 11.3 Å². The van der Waals surface area contributed by atoms with Gasteiger partial charge in [-0.25, -0.2) is 8.78 Å². The Bertz CT molecular complexity index is 919. The van der Waals surface area contributed by atoms with Crippen LogP contribution < -0.4 is 0 Å². The Morgan fingerprint density at radius 3 is 2.36 bits per heavy atom. The number of hydrogen-bond acceptors (Lipinski definition) is 3. The Balaban J connectivity index is 1.39. The van der Waals surface area contributed by atoms with E-state index in [1.807, 2.05) is 6.07 Å². The quantitative estimate of drug-likeness (QED) is 0.765. The molecule has 2 amide bonds. The number of carbonyl (C=O) groups is 2. The Morgan fingerprint density at radius 1 is 1.00 bits per heavy atom. The number of fused-ring (bicyclic) bond motifs is 1. The van der Waals surface area contributed by atoms with Crippen molar-refractivity contribution >= 4 is 23.2 Å². The van der Waals surface area contributed by atoms with Crippen LogP contribution in [0.3, 0.4) is 0 Å². The van der Waals surface area contributed by atoms with E-state index in [1.165, 1.54) is 22.9 Å². The molecule has 0 bridgehead atoms. The summed E-state index contributed by atoms with van der Waals surface area (Å²) in [4.78, 5) is 30.8. The molecule has 4 nitrogen and oxygen atoms in total. The standard InChI is InChI=1S/C21H22F2N2O2S/c1-13-2-5-18-15(10-13)12-19(28-18)21(27)25-8-6-24(7-9-25)20(26)14-3-4-16(22)17(23)11-14/h3-4,11-13H,2,5-10H2,1H3. The molecule has 2 aliphatic rings. The molecule has 4 rings (SSSR count). The summed E-state index contributed by atoms with van der Waals surface area (Å²) in [5.41, 5.74) is 1.43. The van der Waals surface area contributed by atoms with Crippen LogP contribution in [0, 0.1) is 17.6 Å². The smallest absolute Gasteiger partial charge is 0.264 e. The van der Waals surface area contributed by atoms with Gasteiger partial charge in [0, 0.05) is 36.6 Å². The molecule has 1 atom stereocenters. The normalized spacial score (nSPS) is 19.5. The fourth-order valence-electron chi connectivity index (χ4n) is 3.89. The molecule has 2 heterocycles. The van der Waals surface area contributed by atoms with E-state index in [0.29, 0.717) is 32.1 Å². The summed E-state index contributed by atoms with van der Waals surface area (Å²) in [5, 5.41) is 0. The third-order valence-corrected chi connectivity index (χ3v) is 6.79. The summed E-state index contributed by atoms with van der Waals surface area (Å²) in [5.74, 6) is -1.66. The van der Waals surface area contributed by atoms with Crippen molar-refractivity contribution in [3.8, 4) is 0 Å². The predicted molar refractivity (Wildman–Crippen MR) is 104 cm³/mol. The second-order valence-electron chi connectivity index (χ2n) is 7.62. The molecular weight excluding hydrogens is 382 g/mol. The fourth-order valence-corrected chi connectivity index (χ4v) is 5.07. The number of piperazine rings is 1. The average molecular weight is 404 g/mol. The van der Waals surface area contributed by atoms with Gasteiger partial charge in [-0.2, -0.15) is 0 Å². The molecule has 1 fully saturated rings. The van der Waals surface area contributed by atoms with Crippen LogP contribution in [-0.4, -0.2) is 47.8 Å². The lowest BCUT2D eigenvalue weighted by molar-refractivity contribution is 0.0538. The first kappa shape index (κ1) is 19.1. The molecule has 2 aromatic rings. The van der Waals surface area contributed by atoms with E-state index in [4.69, 9.17) is 0 Å². The zero-order valence-electron chi connectivity index (χ0n) is 15.7. The molecule has 7 heteroatoms. The van der Waals surface area contributed by atoms with Crippen molar-refractivity contribution in [2.75, 3.05) is 26.2 Å². The largest absolute Gasteiger partial charge is 0.335 e. The molecule has 1 aliphatic carbocycles. The Labute approximate surface area is 166 Å². The van der Waals surface area contributed by atoms with E-state index in [1.54, 1.807) is 21.1 Å².